The van der Waals surface area contributed by atoms with Gasteiger partial charge in [-0.3, -0.25) is 4.98 Å². The lowest BCUT2D eigenvalue weighted by Crippen LogP contribution is -2.27. The third-order valence-corrected chi connectivity index (χ3v) is 1.96. The molecule has 1 rings (SSSR count). The second-order valence-electron chi connectivity index (χ2n) is 3.27. The molecule has 0 saturated carbocycles. The van der Waals surface area contributed by atoms with Gasteiger partial charge >= 0.3 is 12.1 Å². The first-order valence-electron chi connectivity index (χ1n) is 5.25. The van der Waals surface area contributed by atoms with Crippen molar-refractivity contribution in [1.29, 1.82) is 0 Å². The van der Waals surface area contributed by atoms with Crippen molar-refractivity contribution in [3.05, 3.63) is 30.1 Å². The Balaban J connectivity index is 2.29. The molecule has 0 fully saturated rings. The quantitative estimate of drug-likeness (QED) is 0.448. The highest BCUT2D eigenvalue weighted by Crippen LogP contribution is 1.99. The van der Waals surface area contributed by atoms with Crippen LogP contribution in [-0.4, -0.2) is 35.3 Å². The fraction of sp³-hybridized carbons (Fsp3) is 0.364. The first-order chi connectivity index (χ1) is 8.24. The lowest BCUT2D eigenvalue weighted by atomic mass is 10.3. The van der Waals surface area contributed by atoms with Crippen molar-refractivity contribution < 1.29 is 19.4 Å². The fourth-order valence-corrected chi connectivity index (χ4v) is 1.09. The van der Waals surface area contributed by atoms with E-state index in [1.165, 1.54) is 24.5 Å². The molecule has 0 radical (unpaired) electrons. The topological polar surface area (TPSA) is 88.5 Å². The van der Waals surface area contributed by atoms with E-state index in [4.69, 9.17) is 5.11 Å². The molecule has 0 saturated heterocycles. The van der Waals surface area contributed by atoms with Crippen LogP contribution in [-0.2, 0) is 4.74 Å². The van der Waals surface area contributed by atoms with Gasteiger partial charge in [-0.2, -0.15) is 0 Å². The number of nitrogens with one attached hydrogen (secondary N) is 1. The molecule has 0 aliphatic carbocycles. The van der Waals surface area contributed by atoms with Gasteiger partial charge in [-0.1, -0.05) is 0 Å². The second-order valence-corrected chi connectivity index (χ2v) is 3.27. The first-order valence-corrected chi connectivity index (χ1v) is 5.25. The third kappa shape index (κ3) is 5.07. The summed E-state index contributed by atoms with van der Waals surface area (Å²) in [5.74, 6) is -0.716. The number of pyridine rings is 1. The van der Waals surface area contributed by atoms with Crippen molar-refractivity contribution in [3.63, 3.8) is 0 Å². The van der Waals surface area contributed by atoms with Crippen molar-refractivity contribution in [2.45, 2.75) is 12.8 Å². The minimum absolute atomic E-state index is 0.0761. The molecule has 6 heteroatoms. The Kier molecular flexibility index (Phi) is 5.67. The number of hydrogen-bond acceptors (Lipinski definition) is 5. The van der Waals surface area contributed by atoms with Gasteiger partial charge in [0, 0.05) is 25.5 Å². The highest BCUT2D eigenvalue weighted by atomic mass is 16.6. The number of amides is 1. The number of unbranched alkanes of at least 4 members (excludes halogenated alkanes) is 1. The van der Waals surface area contributed by atoms with E-state index in [0.29, 0.717) is 19.4 Å². The minimum Gasteiger partial charge on any atom is -0.396 e. The zero-order valence-electron chi connectivity index (χ0n) is 9.26. The number of aromatic nitrogens is 1. The maximum absolute atomic E-state index is 11.4. The van der Waals surface area contributed by atoms with E-state index in [1.54, 1.807) is 0 Å². The molecule has 0 spiro atoms. The second kappa shape index (κ2) is 7.34. The predicted octanol–water partition coefficient (Wildman–Crippen LogP) is 0.721. The third-order valence-electron chi connectivity index (χ3n) is 1.96. The lowest BCUT2D eigenvalue weighted by molar-refractivity contribution is 0.0622. The van der Waals surface area contributed by atoms with E-state index in [9.17, 15) is 9.59 Å². The molecule has 92 valence electrons. The molecule has 0 unspecified atom stereocenters. The van der Waals surface area contributed by atoms with Crippen LogP contribution in [0.4, 0.5) is 4.79 Å². The van der Waals surface area contributed by atoms with Crippen LogP contribution >= 0.6 is 0 Å². The van der Waals surface area contributed by atoms with Gasteiger partial charge in [-0.05, 0) is 25.0 Å². The largest absolute Gasteiger partial charge is 0.415 e. The Morgan fingerprint density at radius 3 is 2.65 bits per heavy atom. The normalized spacial score (nSPS) is 9.71. The Morgan fingerprint density at radius 1 is 1.29 bits per heavy atom. The Labute approximate surface area is 98.6 Å². The summed E-state index contributed by atoms with van der Waals surface area (Å²) in [6, 6.07) is 2.92. The van der Waals surface area contributed by atoms with E-state index in [-0.39, 0.29) is 12.2 Å². The number of hydrogen-bond donors (Lipinski definition) is 2. The van der Waals surface area contributed by atoms with E-state index in [2.05, 4.69) is 15.0 Å². The van der Waals surface area contributed by atoms with Crippen LogP contribution in [0, 0.1) is 0 Å². The van der Waals surface area contributed by atoms with E-state index >= 15 is 0 Å². The van der Waals surface area contributed by atoms with E-state index in [0.717, 1.165) is 0 Å². The summed E-state index contributed by atoms with van der Waals surface area (Å²) in [6.07, 6.45) is 3.32. The molecule has 1 aromatic rings. The summed E-state index contributed by atoms with van der Waals surface area (Å²) in [5, 5.41) is 10.9. The van der Waals surface area contributed by atoms with Gasteiger partial charge in [-0.25, -0.2) is 9.59 Å². The molecule has 0 aliphatic rings. The molecular formula is C11H14N2O4. The first kappa shape index (κ1) is 13.1. The maximum Gasteiger partial charge on any atom is 0.415 e. The monoisotopic (exact) mass is 238 g/mol. The van der Waals surface area contributed by atoms with Gasteiger partial charge in [-0.15, -0.1) is 0 Å². The van der Waals surface area contributed by atoms with Crippen molar-refractivity contribution in [2.24, 2.45) is 0 Å². The van der Waals surface area contributed by atoms with Crippen LogP contribution < -0.4 is 5.32 Å². The van der Waals surface area contributed by atoms with Crippen LogP contribution in [0.3, 0.4) is 0 Å². The molecule has 17 heavy (non-hydrogen) atoms. The SMILES string of the molecule is O=C(NCCCCO)OC(=O)c1ccncc1. The van der Waals surface area contributed by atoms with Crippen molar-refractivity contribution in [1.82, 2.24) is 10.3 Å². The van der Waals surface area contributed by atoms with Gasteiger partial charge in [0.25, 0.3) is 0 Å². The van der Waals surface area contributed by atoms with Crippen LogP contribution in [0.1, 0.15) is 23.2 Å². The maximum atomic E-state index is 11.4. The van der Waals surface area contributed by atoms with E-state index in [1.807, 2.05) is 0 Å². The molecule has 1 heterocycles. The minimum atomic E-state index is -0.787. The Hall–Kier alpha value is -1.95. The summed E-state index contributed by atoms with van der Waals surface area (Å²) in [4.78, 5) is 26.3. The number of esters is 1. The van der Waals surface area contributed by atoms with Crippen molar-refractivity contribution in [2.75, 3.05) is 13.2 Å². The number of aliphatic hydroxyl groups excluding tert-OH is 1. The molecule has 0 aliphatic heterocycles. The van der Waals surface area contributed by atoms with Gasteiger partial charge in [0.05, 0.1) is 5.56 Å². The molecule has 0 bridgehead atoms. The van der Waals surface area contributed by atoms with Crippen LogP contribution in [0.5, 0.6) is 0 Å². The fourth-order valence-electron chi connectivity index (χ4n) is 1.09. The standard InChI is InChI=1S/C11H14N2O4/c14-8-2-1-5-13-11(16)17-10(15)9-3-6-12-7-4-9/h3-4,6-7,14H,1-2,5,8H2,(H,13,16). The summed E-state index contributed by atoms with van der Waals surface area (Å²) in [5.41, 5.74) is 0.269. The highest BCUT2D eigenvalue weighted by molar-refractivity contribution is 5.96. The Morgan fingerprint density at radius 2 is 2.00 bits per heavy atom. The number of carbonyl (C=O) groups excluding carboxylic acids is 2. The van der Waals surface area contributed by atoms with E-state index < -0.39 is 12.1 Å². The molecule has 0 atom stereocenters. The smallest absolute Gasteiger partial charge is 0.396 e. The summed E-state index contributed by atoms with van der Waals surface area (Å²) < 4.78 is 4.54. The van der Waals surface area contributed by atoms with Gasteiger partial charge in [0.2, 0.25) is 0 Å². The lowest BCUT2D eigenvalue weighted by Gasteiger charge is -2.04. The summed E-state index contributed by atoms with van der Waals surface area (Å²) in [7, 11) is 0. The molecular weight excluding hydrogens is 224 g/mol. The number of nitrogens with zero attached hydrogens (tertiary/aromatic N) is 1. The number of carbonyl (C=O) groups is 2. The number of ether oxygens (including phenoxy) is 1. The van der Waals surface area contributed by atoms with Gasteiger partial charge < -0.3 is 15.2 Å². The molecule has 1 aromatic heterocycles. The number of rotatable bonds is 5. The van der Waals surface area contributed by atoms with Crippen molar-refractivity contribution >= 4 is 12.1 Å². The molecule has 0 aromatic carbocycles. The van der Waals surface area contributed by atoms with Gasteiger partial charge in [0.1, 0.15) is 0 Å². The van der Waals surface area contributed by atoms with Crippen LogP contribution in [0.25, 0.3) is 0 Å². The molecule has 1 amide bonds. The number of aliphatic hydroxyl groups is 1. The average Bonchev–Trinajstić information content (AvgIpc) is 2.36. The van der Waals surface area contributed by atoms with Crippen LogP contribution in [0.15, 0.2) is 24.5 Å². The highest BCUT2D eigenvalue weighted by Gasteiger charge is 2.11. The zero-order valence-corrected chi connectivity index (χ0v) is 9.26. The van der Waals surface area contributed by atoms with Crippen LogP contribution in [0.2, 0.25) is 0 Å². The Bertz CT molecular complexity index is 367. The van der Waals surface area contributed by atoms with Crippen molar-refractivity contribution in [3.8, 4) is 0 Å². The summed E-state index contributed by atoms with van der Waals surface area (Å²) >= 11 is 0. The predicted molar refractivity (Wildman–Crippen MR) is 59.4 cm³/mol. The van der Waals surface area contributed by atoms with Gasteiger partial charge in [0.15, 0.2) is 0 Å². The average molecular weight is 238 g/mol. The molecule has 2 N–H and O–H groups in total. The summed E-state index contributed by atoms with van der Waals surface area (Å²) in [6.45, 7) is 0.440. The molecule has 6 nitrogen and oxygen atoms in total. The number of alkyl carbamates (subject to hydrolysis) is 1. The zero-order chi connectivity index (χ0) is 12.5.